The number of nitrogens with two attached hydrogens (primary N) is 1. The summed E-state index contributed by atoms with van der Waals surface area (Å²) in [6.07, 6.45) is 3.28. The van der Waals surface area contributed by atoms with Crippen LogP contribution in [0, 0.1) is 0 Å². The maximum Gasteiger partial charge on any atom is 0.234 e. The van der Waals surface area contributed by atoms with Crippen LogP contribution in [0.25, 0.3) is 11.5 Å². The second-order valence-corrected chi connectivity index (χ2v) is 6.77. The zero-order valence-electron chi connectivity index (χ0n) is 11.2. The molecule has 1 saturated heterocycles. The van der Waals surface area contributed by atoms with Crippen molar-refractivity contribution in [1.29, 1.82) is 0 Å². The molecule has 2 aromatic rings. The lowest BCUT2D eigenvalue weighted by Gasteiger charge is -2.32. The van der Waals surface area contributed by atoms with Gasteiger partial charge in [-0.25, -0.2) is 0 Å². The molecule has 112 valence electrons. The Balaban J connectivity index is 1.95. The number of rotatable bonds is 3. The molecule has 1 aliphatic rings. The summed E-state index contributed by atoms with van der Waals surface area (Å²) >= 11 is 6.83. The van der Waals surface area contributed by atoms with Gasteiger partial charge >= 0.3 is 0 Å². The van der Waals surface area contributed by atoms with Crippen LogP contribution in [0.4, 0.5) is 0 Å². The number of aromatic nitrogens is 3. The predicted octanol–water partition coefficient (Wildman–Crippen LogP) is 2.66. The van der Waals surface area contributed by atoms with Crippen LogP contribution < -0.4 is 5.73 Å². The van der Waals surface area contributed by atoms with E-state index in [0.717, 1.165) is 21.8 Å². The molecule has 0 aromatic carbocycles. The molecule has 2 N–H and O–H groups in total. The number of halogens is 2. The highest BCUT2D eigenvalue weighted by molar-refractivity contribution is 9.11. The molecule has 3 heterocycles. The van der Waals surface area contributed by atoms with Crippen LogP contribution in [0.3, 0.4) is 0 Å². The van der Waals surface area contributed by atoms with Crippen molar-refractivity contribution in [2.75, 3.05) is 19.8 Å². The quantitative estimate of drug-likeness (QED) is 0.825. The summed E-state index contributed by atoms with van der Waals surface area (Å²) in [6.45, 7) is 1.79. The number of pyridine rings is 1. The minimum atomic E-state index is -0.286. The highest BCUT2D eigenvalue weighted by atomic mass is 79.9. The molecule has 0 atom stereocenters. The topological polar surface area (TPSA) is 87.1 Å². The Labute approximate surface area is 138 Å². The first-order valence-corrected chi connectivity index (χ1v) is 8.17. The van der Waals surface area contributed by atoms with Gasteiger partial charge in [0.1, 0.15) is 5.69 Å². The largest absolute Gasteiger partial charge is 0.381 e. The van der Waals surface area contributed by atoms with Crippen molar-refractivity contribution in [3.05, 3.63) is 27.1 Å². The molecule has 0 saturated carbocycles. The van der Waals surface area contributed by atoms with Gasteiger partial charge in [0.2, 0.25) is 11.7 Å². The predicted molar refractivity (Wildman–Crippen MR) is 83.7 cm³/mol. The minimum absolute atomic E-state index is 0.286. The number of hydrogen-bond acceptors (Lipinski definition) is 6. The average Bonchev–Trinajstić information content (AvgIpc) is 2.98. The molecule has 2 aromatic heterocycles. The van der Waals surface area contributed by atoms with Gasteiger partial charge in [-0.05, 0) is 50.8 Å². The van der Waals surface area contributed by atoms with Gasteiger partial charge in [-0.3, -0.25) is 4.98 Å². The minimum Gasteiger partial charge on any atom is -0.381 e. The molecule has 8 heteroatoms. The van der Waals surface area contributed by atoms with Gasteiger partial charge in [-0.2, -0.15) is 4.98 Å². The fourth-order valence-electron chi connectivity index (χ4n) is 2.38. The fourth-order valence-corrected chi connectivity index (χ4v) is 3.55. The van der Waals surface area contributed by atoms with Crippen molar-refractivity contribution in [2.45, 2.75) is 18.3 Å². The summed E-state index contributed by atoms with van der Waals surface area (Å²) in [5, 5.41) is 4.05. The first kappa shape index (κ1) is 15.1. The normalized spacial score (nSPS) is 17.9. The monoisotopic (exact) mass is 416 g/mol. The molecule has 1 fully saturated rings. The fraction of sp³-hybridized carbons (Fsp3) is 0.462. The number of hydrogen-bond donors (Lipinski definition) is 1. The molecule has 21 heavy (non-hydrogen) atoms. The lowest BCUT2D eigenvalue weighted by atomic mass is 9.80. The Morgan fingerprint density at radius 3 is 2.71 bits per heavy atom. The number of nitrogens with zero attached hydrogens (tertiary/aromatic N) is 3. The molecule has 0 radical (unpaired) electrons. The SMILES string of the molecule is NCC1(c2nc(-c3ncc(Br)cc3Br)no2)CCOCC1. The molecule has 1 aliphatic heterocycles. The lowest BCUT2D eigenvalue weighted by Crippen LogP contribution is -2.40. The van der Waals surface area contributed by atoms with Crippen molar-refractivity contribution in [1.82, 2.24) is 15.1 Å². The van der Waals surface area contributed by atoms with Crippen LogP contribution in [0.5, 0.6) is 0 Å². The Morgan fingerprint density at radius 2 is 2.05 bits per heavy atom. The third-order valence-electron chi connectivity index (χ3n) is 3.74. The van der Waals surface area contributed by atoms with Crippen molar-refractivity contribution < 1.29 is 9.26 Å². The van der Waals surface area contributed by atoms with Gasteiger partial charge in [0.15, 0.2) is 0 Å². The van der Waals surface area contributed by atoms with Gasteiger partial charge in [0, 0.05) is 34.9 Å². The summed E-state index contributed by atoms with van der Waals surface area (Å²) in [5.41, 5.74) is 6.31. The Kier molecular flexibility index (Phi) is 4.39. The number of ether oxygens (including phenoxy) is 1. The Morgan fingerprint density at radius 1 is 1.29 bits per heavy atom. The van der Waals surface area contributed by atoms with E-state index in [1.807, 2.05) is 6.07 Å². The Bertz CT molecular complexity index is 641. The van der Waals surface area contributed by atoms with Gasteiger partial charge < -0.3 is 15.0 Å². The highest BCUT2D eigenvalue weighted by Crippen LogP contribution is 2.34. The van der Waals surface area contributed by atoms with Gasteiger partial charge in [0.25, 0.3) is 0 Å². The van der Waals surface area contributed by atoms with Crippen LogP contribution in [0.15, 0.2) is 25.7 Å². The highest BCUT2D eigenvalue weighted by Gasteiger charge is 2.38. The van der Waals surface area contributed by atoms with Crippen LogP contribution in [0.1, 0.15) is 18.7 Å². The van der Waals surface area contributed by atoms with E-state index in [1.165, 1.54) is 0 Å². The van der Waals surface area contributed by atoms with E-state index in [4.69, 9.17) is 15.0 Å². The first-order chi connectivity index (χ1) is 10.1. The van der Waals surface area contributed by atoms with Gasteiger partial charge in [-0.1, -0.05) is 5.16 Å². The summed E-state index contributed by atoms with van der Waals surface area (Å²) in [7, 11) is 0. The van der Waals surface area contributed by atoms with Crippen molar-refractivity contribution >= 4 is 31.9 Å². The molecule has 0 aliphatic carbocycles. The molecule has 0 bridgehead atoms. The van der Waals surface area contributed by atoms with E-state index in [9.17, 15) is 0 Å². The maximum atomic E-state index is 5.95. The lowest BCUT2D eigenvalue weighted by molar-refractivity contribution is 0.0409. The molecule has 0 spiro atoms. The van der Waals surface area contributed by atoms with Crippen molar-refractivity contribution in [3.8, 4) is 11.5 Å². The summed E-state index contributed by atoms with van der Waals surface area (Å²) in [4.78, 5) is 8.84. The Hall–Kier alpha value is -0.830. The summed E-state index contributed by atoms with van der Waals surface area (Å²) in [6, 6.07) is 1.89. The molecule has 0 amide bonds. The van der Waals surface area contributed by atoms with Crippen LogP contribution in [-0.4, -0.2) is 34.9 Å². The third-order valence-corrected chi connectivity index (χ3v) is 4.78. The van der Waals surface area contributed by atoms with E-state index in [2.05, 4.69) is 47.0 Å². The van der Waals surface area contributed by atoms with E-state index in [-0.39, 0.29) is 5.41 Å². The van der Waals surface area contributed by atoms with E-state index in [0.29, 0.717) is 37.2 Å². The molecule has 0 unspecified atom stereocenters. The molecule has 6 nitrogen and oxygen atoms in total. The molecule has 3 rings (SSSR count). The van der Waals surface area contributed by atoms with Crippen molar-refractivity contribution in [3.63, 3.8) is 0 Å². The van der Waals surface area contributed by atoms with E-state index >= 15 is 0 Å². The third kappa shape index (κ3) is 2.90. The van der Waals surface area contributed by atoms with Crippen LogP contribution in [0.2, 0.25) is 0 Å². The van der Waals surface area contributed by atoms with Crippen LogP contribution >= 0.6 is 31.9 Å². The molecular weight excluding hydrogens is 404 g/mol. The summed E-state index contributed by atoms with van der Waals surface area (Å²) < 4.78 is 12.6. The van der Waals surface area contributed by atoms with E-state index in [1.54, 1.807) is 6.20 Å². The van der Waals surface area contributed by atoms with Gasteiger partial charge in [0.05, 0.1) is 5.41 Å². The molecular formula is C13H14Br2N4O2. The smallest absolute Gasteiger partial charge is 0.234 e. The van der Waals surface area contributed by atoms with E-state index < -0.39 is 0 Å². The summed E-state index contributed by atoms with van der Waals surface area (Å²) in [5.74, 6) is 1.03. The second kappa shape index (κ2) is 6.12. The van der Waals surface area contributed by atoms with Crippen molar-refractivity contribution in [2.24, 2.45) is 5.73 Å². The second-order valence-electron chi connectivity index (χ2n) is 5.00. The zero-order valence-corrected chi connectivity index (χ0v) is 14.4. The maximum absolute atomic E-state index is 5.95. The van der Waals surface area contributed by atoms with Gasteiger partial charge in [-0.15, -0.1) is 0 Å². The standard InChI is InChI=1S/C13H14Br2N4O2/c14-8-5-9(15)10(17-6-8)11-18-12(21-19-11)13(7-16)1-3-20-4-2-13/h5-6H,1-4,7,16H2. The average molecular weight is 418 g/mol. The first-order valence-electron chi connectivity index (χ1n) is 6.58. The van der Waals surface area contributed by atoms with Crippen LogP contribution in [-0.2, 0) is 10.2 Å². The zero-order chi connectivity index (χ0) is 14.9.